The Morgan fingerprint density at radius 3 is 2.55 bits per heavy atom. The monoisotopic (exact) mass is 420 g/mol. The molecule has 0 aliphatic heterocycles. The van der Waals surface area contributed by atoms with Crippen LogP contribution in [0.2, 0.25) is 0 Å². The maximum atomic E-state index is 12.9. The average molecular weight is 421 g/mol. The van der Waals surface area contributed by atoms with E-state index in [1.165, 1.54) is 18.2 Å². The van der Waals surface area contributed by atoms with E-state index in [0.717, 1.165) is 24.8 Å². The van der Waals surface area contributed by atoms with E-state index in [9.17, 15) is 20.1 Å². The van der Waals surface area contributed by atoms with Crippen LogP contribution in [-0.4, -0.2) is 15.3 Å². The number of phenolic OH excluding ortho intramolecular Hbond substituents is 3. The second-order valence-corrected chi connectivity index (χ2v) is 9.33. The number of allylic oxidation sites excluding steroid dienone is 1. The van der Waals surface area contributed by atoms with E-state index in [1.54, 1.807) is 19.1 Å². The number of fused-ring (bicyclic) bond motifs is 1. The van der Waals surface area contributed by atoms with Crippen molar-refractivity contribution in [2.24, 2.45) is 11.3 Å². The van der Waals surface area contributed by atoms with E-state index in [-0.39, 0.29) is 45.3 Å². The summed E-state index contributed by atoms with van der Waals surface area (Å²) in [7, 11) is 0. The first-order valence-corrected chi connectivity index (χ1v) is 10.6. The lowest BCUT2D eigenvalue weighted by atomic mass is 9.64. The van der Waals surface area contributed by atoms with E-state index in [0.29, 0.717) is 23.1 Å². The average Bonchev–Trinajstić information content (AvgIpc) is 2.68. The molecule has 0 amide bonds. The summed E-state index contributed by atoms with van der Waals surface area (Å²) < 4.78 is 5.84. The second kappa shape index (κ2) is 7.49. The van der Waals surface area contributed by atoms with Crippen molar-refractivity contribution in [1.82, 2.24) is 0 Å². The summed E-state index contributed by atoms with van der Waals surface area (Å²) in [4.78, 5) is 12.9. The maximum Gasteiger partial charge on any atom is 0.197 e. The van der Waals surface area contributed by atoms with Gasteiger partial charge in [-0.25, -0.2) is 0 Å². The number of aryl methyl sites for hydroxylation is 1. The molecule has 1 heterocycles. The van der Waals surface area contributed by atoms with Crippen molar-refractivity contribution in [1.29, 1.82) is 0 Å². The number of phenols is 3. The summed E-state index contributed by atoms with van der Waals surface area (Å²) in [6, 6.07) is 7.68. The molecule has 5 nitrogen and oxygen atoms in total. The van der Waals surface area contributed by atoms with Gasteiger partial charge in [-0.05, 0) is 55.6 Å². The highest BCUT2D eigenvalue weighted by Crippen LogP contribution is 2.47. The Labute approximate surface area is 181 Å². The normalized spacial score (nSPS) is 18.4. The molecule has 1 aromatic heterocycles. The van der Waals surface area contributed by atoms with Crippen LogP contribution in [0.1, 0.15) is 44.2 Å². The topological polar surface area (TPSA) is 90.9 Å². The van der Waals surface area contributed by atoms with Gasteiger partial charge in [-0.15, -0.1) is 0 Å². The zero-order chi connectivity index (χ0) is 22.5. The first-order valence-electron chi connectivity index (χ1n) is 10.6. The van der Waals surface area contributed by atoms with Gasteiger partial charge in [0.25, 0.3) is 0 Å². The van der Waals surface area contributed by atoms with Crippen LogP contribution in [0.4, 0.5) is 0 Å². The summed E-state index contributed by atoms with van der Waals surface area (Å²) in [6.07, 6.45) is 3.46. The van der Waals surface area contributed by atoms with Crippen LogP contribution in [0, 0.1) is 18.3 Å². The van der Waals surface area contributed by atoms with Crippen molar-refractivity contribution in [3.8, 4) is 28.6 Å². The van der Waals surface area contributed by atoms with Crippen LogP contribution in [0.15, 0.2) is 51.7 Å². The van der Waals surface area contributed by atoms with Gasteiger partial charge in [0.1, 0.15) is 34.0 Å². The fourth-order valence-electron chi connectivity index (χ4n) is 4.73. The summed E-state index contributed by atoms with van der Waals surface area (Å²) in [5.41, 5.74) is 2.38. The third-order valence-corrected chi connectivity index (χ3v) is 6.73. The van der Waals surface area contributed by atoms with Crippen molar-refractivity contribution in [3.63, 3.8) is 0 Å². The van der Waals surface area contributed by atoms with Crippen molar-refractivity contribution in [3.05, 3.63) is 63.8 Å². The molecule has 1 atom stereocenters. The van der Waals surface area contributed by atoms with Gasteiger partial charge in [0.05, 0.1) is 0 Å². The first-order chi connectivity index (χ1) is 14.6. The Hall–Kier alpha value is -3.21. The molecule has 0 saturated heterocycles. The largest absolute Gasteiger partial charge is 0.508 e. The van der Waals surface area contributed by atoms with E-state index in [1.807, 2.05) is 0 Å². The minimum atomic E-state index is -0.406. The Morgan fingerprint density at radius 1 is 1.13 bits per heavy atom. The third kappa shape index (κ3) is 3.69. The molecule has 3 aromatic rings. The molecule has 3 N–H and O–H groups in total. The van der Waals surface area contributed by atoms with Gasteiger partial charge in [0, 0.05) is 23.3 Å². The zero-order valence-electron chi connectivity index (χ0n) is 18.2. The van der Waals surface area contributed by atoms with E-state index in [2.05, 4.69) is 20.4 Å². The molecule has 31 heavy (non-hydrogen) atoms. The van der Waals surface area contributed by atoms with Crippen molar-refractivity contribution >= 4 is 11.0 Å². The van der Waals surface area contributed by atoms with Gasteiger partial charge < -0.3 is 19.7 Å². The third-order valence-electron chi connectivity index (χ3n) is 6.73. The van der Waals surface area contributed by atoms with Crippen LogP contribution in [-0.2, 0) is 6.42 Å². The Kier molecular flexibility index (Phi) is 5.08. The zero-order valence-corrected chi connectivity index (χ0v) is 18.2. The molecular formula is C26H28O5. The fraction of sp³-hybridized carbons (Fsp3) is 0.346. The van der Waals surface area contributed by atoms with Crippen molar-refractivity contribution in [2.75, 3.05) is 0 Å². The fourth-order valence-corrected chi connectivity index (χ4v) is 4.73. The highest BCUT2D eigenvalue weighted by Gasteiger charge is 2.36. The van der Waals surface area contributed by atoms with E-state index < -0.39 is 5.43 Å². The number of rotatable bonds is 3. The molecule has 1 aliphatic carbocycles. The van der Waals surface area contributed by atoms with Gasteiger partial charge in [0.2, 0.25) is 0 Å². The summed E-state index contributed by atoms with van der Waals surface area (Å²) in [6.45, 7) is 10.3. The molecule has 0 bridgehead atoms. The van der Waals surface area contributed by atoms with Gasteiger partial charge in [-0.3, -0.25) is 4.79 Å². The van der Waals surface area contributed by atoms with Crippen LogP contribution >= 0.6 is 0 Å². The Morgan fingerprint density at radius 2 is 1.87 bits per heavy atom. The van der Waals surface area contributed by atoms with Gasteiger partial charge in [0.15, 0.2) is 5.43 Å². The molecule has 2 aromatic carbocycles. The Bertz CT molecular complexity index is 1250. The number of benzene rings is 2. The van der Waals surface area contributed by atoms with Crippen LogP contribution in [0.25, 0.3) is 22.3 Å². The van der Waals surface area contributed by atoms with Crippen molar-refractivity contribution in [2.45, 2.75) is 46.5 Å². The highest BCUT2D eigenvalue weighted by atomic mass is 16.3. The summed E-state index contributed by atoms with van der Waals surface area (Å²) in [5, 5.41) is 31.7. The van der Waals surface area contributed by atoms with Gasteiger partial charge in [-0.2, -0.15) is 0 Å². The number of hydrogen-bond acceptors (Lipinski definition) is 5. The van der Waals surface area contributed by atoms with E-state index >= 15 is 0 Å². The predicted molar refractivity (Wildman–Crippen MR) is 122 cm³/mol. The number of hydrogen-bond donors (Lipinski definition) is 3. The lowest BCUT2D eigenvalue weighted by Gasteiger charge is -2.40. The Balaban J connectivity index is 1.82. The van der Waals surface area contributed by atoms with Gasteiger partial charge >= 0.3 is 0 Å². The lowest BCUT2D eigenvalue weighted by Crippen LogP contribution is -2.31. The van der Waals surface area contributed by atoms with Crippen LogP contribution in [0.5, 0.6) is 17.2 Å². The minimum absolute atomic E-state index is 0.00879. The molecular weight excluding hydrogens is 392 g/mol. The molecule has 1 fully saturated rings. The summed E-state index contributed by atoms with van der Waals surface area (Å²) in [5.74, 6) is 0.0950. The predicted octanol–water partition coefficient (Wildman–Crippen LogP) is 5.81. The molecule has 1 aliphatic rings. The first kappa shape index (κ1) is 21.0. The quantitative estimate of drug-likeness (QED) is 0.465. The molecule has 1 unspecified atom stereocenters. The smallest absolute Gasteiger partial charge is 0.197 e. The van der Waals surface area contributed by atoms with E-state index in [4.69, 9.17) is 4.42 Å². The standard InChI is InChI=1S/C26H28O5/c1-14-6-5-9-26(3,4)18(14)11-17-20(28)12-23-24(25(17)30)21(29)13-22(31-23)16-8-7-15(2)19(27)10-16/h7-8,10,12-13,18,27-28,30H,1,5-6,9,11H2,2-4H3. The molecule has 0 radical (unpaired) electrons. The maximum absolute atomic E-state index is 12.9. The molecule has 5 heteroatoms. The second-order valence-electron chi connectivity index (χ2n) is 9.33. The van der Waals surface area contributed by atoms with Crippen LogP contribution < -0.4 is 5.43 Å². The molecule has 4 rings (SSSR count). The highest BCUT2D eigenvalue weighted by molar-refractivity contribution is 5.88. The summed E-state index contributed by atoms with van der Waals surface area (Å²) >= 11 is 0. The lowest BCUT2D eigenvalue weighted by molar-refractivity contribution is 0.187. The molecule has 162 valence electrons. The number of aromatic hydroxyl groups is 3. The molecule has 1 saturated carbocycles. The van der Waals surface area contributed by atoms with Gasteiger partial charge in [-0.1, -0.05) is 38.1 Å². The minimum Gasteiger partial charge on any atom is -0.508 e. The van der Waals surface area contributed by atoms with Crippen LogP contribution in [0.3, 0.4) is 0 Å². The van der Waals surface area contributed by atoms with Crippen molar-refractivity contribution < 1.29 is 19.7 Å². The SMILES string of the molecule is C=C1CCCC(C)(C)C1Cc1c(O)cc2oc(-c3ccc(C)c(O)c3)cc(=O)c2c1O. The molecule has 0 spiro atoms.